The fraction of sp³-hybridized carbons (Fsp3) is 0.636. The van der Waals surface area contributed by atoms with Crippen molar-refractivity contribution in [3.05, 3.63) is 24.3 Å². The normalized spacial score (nSPS) is 25.2. The second-order valence-electron chi connectivity index (χ2n) is 9.03. The molecule has 6 nitrogen and oxygen atoms in total. The molecule has 3 rings (SSSR count). The lowest BCUT2D eigenvalue weighted by Gasteiger charge is -2.40. The van der Waals surface area contributed by atoms with Crippen molar-refractivity contribution >= 4 is 23.3 Å². The van der Waals surface area contributed by atoms with E-state index in [0.717, 1.165) is 32.1 Å². The van der Waals surface area contributed by atoms with Gasteiger partial charge in [0.25, 0.3) is 5.91 Å². The Balaban J connectivity index is 1.51. The van der Waals surface area contributed by atoms with Crippen molar-refractivity contribution in [2.24, 2.45) is 11.3 Å². The van der Waals surface area contributed by atoms with E-state index in [0.29, 0.717) is 23.9 Å². The molecule has 3 N–H and O–H groups in total. The molecular formula is C22H33N3O3. The van der Waals surface area contributed by atoms with E-state index in [9.17, 15) is 9.59 Å². The highest BCUT2D eigenvalue weighted by Crippen LogP contribution is 2.38. The summed E-state index contributed by atoms with van der Waals surface area (Å²) in [6, 6.07) is 7.22. The number of urea groups is 1. The molecule has 154 valence electrons. The third-order valence-electron chi connectivity index (χ3n) is 5.83. The minimum Gasteiger partial charge on any atom is -0.368 e. The molecule has 0 radical (unpaired) electrons. The highest BCUT2D eigenvalue weighted by molar-refractivity contribution is 5.95. The minimum atomic E-state index is -0.352. The Kier molecular flexibility index (Phi) is 6.60. The van der Waals surface area contributed by atoms with Gasteiger partial charge in [-0.3, -0.25) is 4.79 Å². The summed E-state index contributed by atoms with van der Waals surface area (Å²) in [6.45, 7) is 7.39. The van der Waals surface area contributed by atoms with Gasteiger partial charge in [-0.05, 0) is 61.3 Å². The summed E-state index contributed by atoms with van der Waals surface area (Å²) < 4.78 is 5.39. The van der Waals surface area contributed by atoms with E-state index in [4.69, 9.17) is 4.74 Å². The molecule has 1 aliphatic carbocycles. The first kappa shape index (κ1) is 20.6. The summed E-state index contributed by atoms with van der Waals surface area (Å²) in [5, 5.41) is 8.94. The van der Waals surface area contributed by atoms with Crippen LogP contribution < -0.4 is 16.0 Å². The van der Waals surface area contributed by atoms with Gasteiger partial charge in [-0.2, -0.15) is 0 Å². The molecule has 2 fully saturated rings. The maximum absolute atomic E-state index is 12.5. The maximum atomic E-state index is 12.5. The molecule has 1 aliphatic heterocycles. The molecule has 1 aromatic rings. The van der Waals surface area contributed by atoms with E-state index < -0.39 is 0 Å². The van der Waals surface area contributed by atoms with Crippen LogP contribution in [0.15, 0.2) is 24.3 Å². The van der Waals surface area contributed by atoms with Crippen LogP contribution in [0.5, 0.6) is 0 Å². The number of hydrogen-bond donors (Lipinski definition) is 3. The van der Waals surface area contributed by atoms with Crippen LogP contribution in [-0.4, -0.2) is 30.7 Å². The number of amides is 3. The van der Waals surface area contributed by atoms with Crippen molar-refractivity contribution in [1.29, 1.82) is 0 Å². The fourth-order valence-corrected chi connectivity index (χ4v) is 4.32. The number of anilines is 2. The molecule has 1 heterocycles. The predicted molar refractivity (Wildman–Crippen MR) is 111 cm³/mol. The molecule has 0 bridgehead atoms. The Morgan fingerprint density at radius 2 is 1.57 bits per heavy atom. The molecule has 1 saturated heterocycles. The summed E-state index contributed by atoms with van der Waals surface area (Å²) in [7, 11) is 0. The number of benzene rings is 1. The Labute approximate surface area is 167 Å². The third kappa shape index (κ3) is 5.47. The average Bonchev–Trinajstić information content (AvgIpc) is 3.18. The van der Waals surface area contributed by atoms with Gasteiger partial charge in [-0.15, -0.1) is 0 Å². The smallest absolute Gasteiger partial charge is 0.319 e. The summed E-state index contributed by atoms with van der Waals surface area (Å²) >= 11 is 0. The first-order valence-electron chi connectivity index (χ1n) is 10.4. The van der Waals surface area contributed by atoms with Gasteiger partial charge >= 0.3 is 6.03 Å². The van der Waals surface area contributed by atoms with Gasteiger partial charge in [0.05, 0.1) is 0 Å². The lowest BCUT2D eigenvalue weighted by atomic mass is 9.69. The van der Waals surface area contributed by atoms with Crippen LogP contribution in [0.25, 0.3) is 0 Å². The van der Waals surface area contributed by atoms with Crippen molar-refractivity contribution in [1.82, 2.24) is 5.32 Å². The highest BCUT2D eigenvalue weighted by atomic mass is 16.5. The lowest BCUT2D eigenvalue weighted by Crippen LogP contribution is -2.48. The van der Waals surface area contributed by atoms with E-state index in [1.54, 1.807) is 24.3 Å². The van der Waals surface area contributed by atoms with Crippen molar-refractivity contribution in [2.75, 3.05) is 17.2 Å². The number of hydrogen-bond acceptors (Lipinski definition) is 3. The lowest BCUT2D eigenvalue weighted by molar-refractivity contribution is -0.124. The number of carbonyl (C=O) groups excluding carboxylic acids is 2. The van der Waals surface area contributed by atoms with Gasteiger partial charge in [0.15, 0.2) is 0 Å². The average molecular weight is 388 g/mol. The summed E-state index contributed by atoms with van der Waals surface area (Å²) in [5.74, 6) is 0.379. The molecule has 3 atom stereocenters. The molecule has 3 amide bonds. The van der Waals surface area contributed by atoms with Crippen LogP contribution in [0.1, 0.15) is 59.3 Å². The number of ether oxygens (including phenoxy) is 1. The fourth-order valence-electron chi connectivity index (χ4n) is 4.32. The van der Waals surface area contributed by atoms with Crippen molar-refractivity contribution < 1.29 is 14.3 Å². The van der Waals surface area contributed by atoms with Crippen molar-refractivity contribution in [3.8, 4) is 0 Å². The van der Waals surface area contributed by atoms with E-state index in [-0.39, 0.29) is 29.5 Å². The minimum absolute atomic E-state index is 0.110. The Bertz CT molecular complexity index is 675. The summed E-state index contributed by atoms with van der Waals surface area (Å²) in [4.78, 5) is 24.6. The zero-order chi connectivity index (χ0) is 20.1. The largest absolute Gasteiger partial charge is 0.368 e. The highest BCUT2D eigenvalue weighted by Gasteiger charge is 2.34. The zero-order valence-corrected chi connectivity index (χ0v) is 17.2. The van der Waals surface area contributed by atoms with Crippen LogP contribution in [0, 0.1) is 11.3 Å². The number of carbonyl (C=O) groups is 2. The van der Waals surface area contributed by atoms with E-state index >= 15 is 0 Å². The molecule has 1 saturated carbocycles. The Morgan fingerprint density at radius 3 is 2.18 bits per heavy atom. The third-order valence-corrected chi connectivity index (χ3v) is 5.83. The summed E-state index contributed by atoms with van der Waals surface area (Å²) in [5.41, 5.74) is 1.59. The van der Waals surface area contributed by atoms with Crippen LogP contribution in [-0.2, 0) is 9.53 Å². The molecule has 1 aromatic carbocycles. The maximum Gasteiger partial charge on any atom is 0.319 e. The predicted octanol–water partition coefficient (Wildman–Crippen LogP) is 4.53. The van der Waals surface area contributed by atoms with Crippen molar-refractivity contribution in [3.63, 3.8) is 0 Å². The zero-order valence-electron chi connectivity index (χ0n) is 17.2. The van der Waals surface area contributed by atoms with Gasteiger partial charge in [0, 0.05) is 24.0 Å². The van der Waals surface area contributed by atoms with Gasteiger partial charge in [-0.1, -0.05) is 33.6 Å². The van der Waals surface area contributed by atoms with Crippen molar-refractivity contribution in [2.45, 2.75) is 71.4 Å². The first-order valence-corrected chi connectivity index (χ1v) is 10.4. The monoisotopic (exact) mass is 387 g/mol. The standard InChI is InChI=1S/C22H33N3O3/c1-22(2,3)17-7-4-5-8-18(17)25-21(27)24-16-12-10-15(11-13-16)23-20(26)19-9-6-14-28-19/h10-13,17-19H,4-9,14H2,1-3H3,(H,23,26)(H2,24,25,27)/t17-,18-,19+/m1/s1. The van der Waals surface area contributed by atoms with Crippen LogP contribution >= 0.6 is 0 Å². The Hall–Kier alpha value is -2.08. The molecule has 28 heavy (non-hydrogen) atoms. The van der Waals surface area contributed by atoms with Crippen LogP contribution in [0.2, 0.25) is 0 Å². The molecule has 0 unspecified atom stereocenters. The van der Waals surface area contributed by atoms with E-state index in [2.05, 4.69) is 36.7 Å². The van der Waals surface area contributed by atoms with Gasteiger partial charge in [-0.25, -0.2) is 4.79 Å². The first-order chi connectivity index (χ1) is 13.3. The van der Waals surface area contributed by atoms with Crippen LogP contribution in [0.3, 0.4) is 0 Å². The molecule has 0 aromatic heterocycles. The topological polar surface area (TPSA) is 79.5 Å². The molecule has 0 spiro atoms. The van der Waals surface area contributed by atoms with E-state index in [1.165, 1.54) is 6.42 Å². The van der Waals surface area contributed by atoms with Crippen LogP contribution in [0.4, 0.5) is 16.2 Å². The Morgan fingerprint density at radius 1 is 0.929 bits per heavy atom. The second kappa shape index (κ2) is 8.95. The SMILES string of the molecule is CC(C)(C)[C@@H]1CCCC[C@H]1NC(=O)Nc1ccc(NC(=O)[C@@H]2CCCO2)cc1. The summed E-state index contributed by atoms with van der Waals surface area (Å²) in [6.07, 6.45) is 5.93. The molecule has 6 heteroatoms. The number of rotatable bonds is 4. The quantitative estimate of drug-likeness (QED) is 0.710. The number of nitrogens with one attached hydrogen (secondary N) is 3. The van der Waals surface area contributed by atoms with E-state index in [1.807, 2.05) is 0 Å². The van der Waals surface area contributed by atoms with Gasteiger partial charge in [0.2, 0.25) is 0 Å². The molecule has 2 aliphatic rings. The second-order valence-corrected chi connectivity index (χ2v) is 9.03. The molecular weight excluding hydrogens is 354 g/mol. The van der Waals surface area contributed by atoms with Gasteiger partial charge < -0.3 is 20.7 Å². The van der Waals surface area contributed by atoms with Gasteiger partial charge in [0.1, 0.15) is 6.10 Å².